The van der Waals surface area contributed by atoms with Gasteiger partial charge in [0, 0.05) is 44.3 Å². The Bertz CT molecular complexity index is 555. The van der Waals surface area contributed by atoms with Crippen molar-refractivity contribution in [3.63, 3.8) is 0 Å². The molecule has 2 aromatic rings. The number of halogens is 1. The third-order valence-electron chi connectivity index (χ3n) is 3.63. The molecule has 0 spiro atoms. The van der Waals surface area contributed by atoms with Gasteiger partial charge in [-0.05, 0) is 30.2 Å². The van der Waals surface area contributed by atoms with Gasteiger partial charge in [-0.1, -0.05) is 0 Å². The minimum Gasteiger partial charge on any atom is -0.350 e. The SMILES string of the molecule is Cn1cc(CC2CNCCN2)c2ccc(F)cc21. The normalized spacial score (nSPS) is 20.4. The molecular weight excluding hydrogens is 229 g/mol. The zero-order valence-electron chi connectivity index (χ0n) is 10.5. The molecule has 1 unspecified atom stereocenters. The predicted octanol–water partition coefficient (Wildman–Crippen LogP) is 1.42. The number of rotatable bonds is 2. The van der Waals surface area contributed by atoms with E-state index in [1.54, 1.807) is 12.1 Å². The van der Waals surface area contributed by atoms with E-state index in [0.29, 0.717) is 6.04 Å². The number of aromatic nitrogens is 1. The van der Waals surface area contributed by atoms with Crippen molar-refractivity contribution in [3.05, 3.63) is 35.8 Å². The van der Waals surface area contributed by atoms with Crippen LogP contribution in [-0.2, 0) is 13.5 Å². The van der Waals surface area contributed by atoms with Gasteiger partial charge < -0.3 is 15.2 Å². The molecular formula is C14H18FN3. The number of piperazine rings is 1. The van der Waals surface area contributed by atoms with Crippen molar-refractivity contribution in [1.29, 1.82) is 0 Å². The van der Waals surface area contributed by atoms with E-state index in [1.807, 2.05) is 17.7 Å². The quantitative estimate of drug-likeness (QED) is 0.840. The highest BCUT2D eigenvalue weighted by Gasteiger charge is 2.15. The molecule has 0 amide bonds. The number of benzene rings is 1. The number of hydrogen-bond acceptors (Lipinski definition) is 2. The molecule has 2 N–H and O–H groups in total. The number of aryl methyl sites for hydroxylation is 1. The minimum absolute atomic E-state index is 0.173. The Morgan fingerprint density at radius 1 is 1.39 bits per heavy atom. The van der Waals surface area contributed by atoms with Crippen LogP contribution in [0.1, 0.15) is 5.56 Å². The Labute approximate surface area is 106 Å². The van der Waals surface area contributed by atoms with Crippen molar-refractivity contribution in [2.24, 2.45) is 7.05 Å². The van der Waals surface area contributed by atoms with Crippen LogP contribution in [0, 0.1) is 5.82 Å². The molecule has 1 saturated heterocycles. The third kappa shape index (κ3) is 2.13. The second-order valence-corrected chi connectivity index (χ2v) is 4.99. The molecule has 4 heteroatoms. The molecule has 1 fully saturated rings. The first-order chi connectivity index (χ1) is 8.74. The van der Waals surface area contributed by atoms with Gasteiger partial charge in [0.1, 0.15) is 5.82 Å². The van der Waals surface area contributed by atoms with Gasteiger partial charge in [-0.15, -0.1) is 0 Å². The maximum atomic E-state index is 13.2. The number of nitrogens with one attached hydrogen (secondary N) is 2. The van der Waals surface area contributed by atoms with E-state index in [2.05, 4.69) is 16.8 Å². The topological polar surface area (TPSA) is 29.0 Å². The van der Waals surface area contributed by atoms with E-state index in [4.69, 9.17) is 0 Å². The molecule has 18 heavy (non-hydrogen) atoms. The fourth-order valence-electron chi connectivity index (χ4n) is 2.73. The third-order valence-corrected chi connectivity index (χ3v) is 3.63. The van der Waals surface area contributed by atoms with Crippen molar-refractivity contribution >= 4 is 10.9 Å². The van der Waals surface area contributed by atoms with Crippen LogP contribution in [0.3, 0.4) is 0 Å². The Kier molecular flexibility index (Phi) is 3.06. The van der Waals surface area contributed by atoms with Crippen molar-refractivity contribution in [2.75, 3.05) is 19.6 Å². The van der Waals surface area contributed by atoms with E-state index in [0.717, 1.165) is 37.0 Å². The van der Waals surface area contributed by atoms with Gasteiger partial charge >= 0.3 is 0 Å². The molecule has 0 bridgehead atoms. The fourth-order valence-corrected chi connectivity index (χ4v) is 2.73. The highest BCUT2D eigenvalue weighted by molar-refractivity contribution is 5.84. The van der Waals surface area contributed by atoms with Gasteiger partial charge in [-0.3, -0.25) is 0 Å². The molecule has 0 saturated carbocycles. The molecule has 1 aliphatic rings. The summed E-state index contributed by atoms with van der Waals surface area (Å²) < 4.78 is 15.3. The van der Waals surface area contributed by atoms with E-state index in [1.165, 1.54) is 5.56 Å². The molecule has 1 aromatic heterocycles. The average molecular weight is 247 g/mol. The van der Waals surface area contributed by atoms with E-state index in [9.17, 15) is 4.39 Å². The van der Waals surface area contributed by atoms with Crippen LogP contribution in [0.2, 0.25) is 0 Å². The van der Waals surface area contributed by atoms with Crippen LogP contribution in [0.25, 0.3) is 10.9 Å². The van der Waals surface area contributed by atoms with Gasteiger partial charge in [0.25, 0.3) is 0 Å². The minimum atomic E-state index is -0.173. The Hall–Kier alpha value is -1.39. The van der Waals surface area contributed by atoms with E-state index < -0.39 is 0 Å². The van der Waals surface area contributed by atoms with Gasteiger partial charge in [-0.25, -0.2) is 4.39 Å². The summed E-state index contributed by atoms with van der Waals surface area (Å²) in [6, 6.07) is 5.49. The zero-order valence-corrected chi connectivity index (χ0v) is 10.5. The lowest BCUT2D eigenvalue weighted by Crippen LogP contribution is -2.49. The summed E-state index contributed by atoms with van der Waals surface area (Å²) in [6.45, 7) is 3.05. The fraction of sp³-hybridized carbons (Fsp3) is 0.429. The highest BCUT2D eigenvalue weighted by Crippen LogP contribution is 2.22. The largest absolute Gasteiger partial charge is 0.350 e. The van der Waals surface area contributed by atoms with Crippen LogP contribution in [0.15, 0.2) is 24.4 Å². The van der Waals surface area contributed by atoms with E-state index in [-0.39, 0.29) is 5.82 Å². The summed E-state index contributed by atoms with van der Waals surface area (Å²) in [4.78, 5) is 0. The summed E-state index contributed by atoms with van der Waals surface area (Å²) >= 11 is 0. The number of fused-ring (bicyclic) bond motifs is 1. The van der Waals surface area contributed by atoms with Crippen LogP contribution >= 0.6 is 0 Å². The Morgan fingerprint density at radius 2 is 2.28 bits per heavy atom. The van der Waals surface area contributed by atoms with E-state index >= 15 is 0 Å². The summed E-state index contributed by atoms with van der Waals surface area (Å²) in [6.07, 6.45) is 3.09. The standard InChI is InChI=1S/C14H18FN3/c1-18-9-10(6-12-8-16-4-5-17-12)13-3-2-11(15)7-14(13)18/h2-3,7,9,12,16-17H,4-6,8H2,1H3. The summed E-state index contributed by atoms with van der Waals surface area (Å²) in [7, 11) is 1.97. The van der Waals surface area contributed by atoms with Crippen molar-refractivity contribution in [3.8, 4) is 0 Å². The predicted molar refractivity (Wildman–Crippen MR) is 71.2 cm³/mol. The van der Waals surface area contributed by atoms with Crippen LogP contribution in [0.4, 0.5) is 4.39 Å². The molecule has 96 valence electrons. The van der Waals surface area contributed by atoms with Gasteiger partial charge in [0.15, 0.2) is 0 Å². The lowest BCUT2D eigenvalue weighted by Gasteiger charge is -2.24. The van der Waals surface area contributed by atoms with Crippen LogP contribution in [0.5, 0.6) is 0 Å². The van der Waals surface area contributed by atoms with Crippen molar-refractivity contribution < 1.29 is 4.39 Å². The molecule has 3 rings (SSSR count). The first-order valence-corrected chi connectivity index (χ1v) is 6.41. The van der Waals surface area contributed by atoms with Crippen LogP contribution < -0.4 is 10.6 Å². The molecule has 2 heterocycles. The van der Waals surface area contributed by atoms with Gasteiger partial charge in [0.2, 0.25) is 0 Å². The van der Waals surface area contributed by atoms with Crippen LogP contribution in [-0.4, -0.2) is 30.2 Å². The molecule has 1 aromatic carbocycles. The molecule has 1 aliphatic heterocycles. The molecule has 0 aliphatic carbocycles. The lowest BCUT2D eigenvalue weighted by molar-refractivity contribution is 0.417. The summed E-state index contributed by atoms with van der Waals surface area (Å²) in [5.74, 6) is -0.173. The maximum Gasteiger partial charge on any atom is 0.125 e. The number of hydrogen-bond donors (Lipinski definition) is 2. The molecule has 1 atom stereocenters. The molecule has 0 radical (unpaired) electrons. The Balaban J connectivity index is 1.91. The van der Waals surface area contributed by atoms with Gasteiger partial charge in [0.05, 0.1) is 5.52 Å². The molecule has 3 nitrogen and oxygen atoms in total. The smallest absolute Gasteiger partial charge is 0.125 e. The average Bonchev–Trinajstić information content (AvgIpc) is 2.67. The first-order valence-electron chi connectivity index (χ1n) is 6.41. The first kappa shape index (κ1) is 11.7. The zero-order chi connectivity index (χ0) is 12.5. The lowest BCUT2D eigenvalue weighted by atomic mass is 10.0. The van der Waals surface area contributed by atoms with Crippen molar-refractivity contribution in [1.82, 2.24) is 15.2 Å². The monoisotopic (exact) mass is 247 g/mol. The highest BCUT2D eigenvalue weighted by atomic mass is 19.1. The van der Waals surface area contributed by atoms with Gasteiger partial charge in [-0.2, -0.15) is 0 Å². The second kappa shape index (κ2) is 4.71. The second-order valence-electron chi connectivity index (χ2n) is 4.99. The Morgan fingerprint density at radius 3 is 3.06 bits per heavy atom. The number of nitrogens with zero attached hydrogens (tertiary/aromatic N) is 1. The maximum absolute atomic E-state index is 13.2. The summed E-state index contributed by atoms with van der Waals surface area (Å²) in [5.41, 5.74) is 2.25. The van der Waals surface area contributed by atoms with Crippen molar-refractivity contribution in [2.45, 2.75) is 12.5 Å². The summed E-state index contributed by atoms with van der Waals surface area (Å²) in [5, 5.41) is 8.06.